The Labute approximate surface area is 294 Å². The lowest BCUT2D eigenvalue weighted by Crippen LogP contribution is -1.91. The lowest BCUT2D eigenvalue weighted by molar-refractivity contribution is 0.672. The van der Waals surface area contributed by atoms with Crippen molar-refractivity contribution in [2.45, 2.75) is 0 Å². The predicted molar refractivity (Wildman–Crippen MR) is 218 cm³/mol. The number of hydrogen-bond acceptors (Lipinski definition) is 1. The van der Waals surface area contributed by atoms with Gasteiger partial charge in [0.25, 0.3) is 0 Å². The van der Waals surface area contributed by atoms with Gasteiger partial charge in [-0.15, -0.1) is 0 Å². The van der Waals surface area contributed by atoms with Gasteiger partial charge in [-0.1, -0.05) is 152 Å². The molecule has 236 valence electrons. The third-order valence-electron chi connectivity index (χ3n) is 10.8. The summed E-state index contributed by atoms with van der Waals surface area (Å²) in [5.41, 5.74) is 9.25. The van der Waals surface area contributed by atoms with Crippen molar-refractivity contribution in [2.24, 2.45) is 0 Å². The van der Waals surface area contributed by atoms with Gasteiger partial charge in [0, 0.05) is 16.2 Å². The Balaban J connectivity index is 1.16. The molecule has 0 saturated carbocycles. The highest BCUT2D eigenvalue weighted by molar-refractivity contribution is 6.23. The van der Waals surface area contributed by atoms with Gasteiger partial charge >= 0.3 is 0 Å². The van der Waals surface area contributed by atoms with E-state index in [-0.39, 0.29) is 0 Å². The lowest BCUT2D eigenvalue weighted by atomic mass is 9.85. The van der Waals surface area contributed by atoms with Crippen LogP contribution in [0.3, 0.4) is 0 Å². The molecule has 0 fully saturated rings. The molecule has 11 aromatic rings. The highest BCUT2D eigenvalue weighted by Gasteiger charge is 2.19. The molecule has 0 aliphatic rings. The minimum atomic E-state index is 0.911. The molecule has 1 heterocycles. The van der Waals surface area contributed by atoms with E-state index in [1.807, 2.05) is 0 Å². The van der Waals surface area contributed by atoms with Crippen LogP contribution in [-0.4, -0.2) is 0 Å². The Morgan fingerprint density at radius 3 is 1.53 bits per heavy atom. The van der Waals surface area contributed by atoms with Crippen LogP contribution in [0.4, 0.5) is 0 Å². The molecule has 0 radical (unpaired) electrons. The standard InChI is InChI=1S/C50H30O/c1-4-17-37-31(12-1)24-26-44-46-30-35(25-27-47(46)51-50(37)44)49-42-22-9-7-20-40(42)48(41-21-8-10-23-43(41)49)34-15-11-14-32(28-34)45-29-33-13-2-3-16-36(33)38-18-5-6-19-39(38)45/h1-30H. The highest BCUT2D eigenvalue weighted by atomic mass is 16.3. The van der Waals surface area contributed by atoms with Crippen molar-refractivity contribution in [2.75, 3.05) is 0 Å². The molecule has 0 unspecified atom stereocenters. The van der Waals surface area contributed by atoms with Crippen molar-refractivity contribution in [3.8, 4) is 33.4 Å². The summed E-state index contributed by atoms with van der Waals surface area (Å²) in [5.74, 6) is 0. The van der Waals surface area contributed by atoms with Crippen molar-refractivity contribution in [1.29, 1.82) is 0 Å². The summed E-state index contributed by atoms with van der Waals surface area (Å²) in [6.45, 7) is 0. The van der Waals surface area contributed by atoms with E-state index in [1.54, 1.807) is 0 Å². The van der Waals surface area contributed by atoms with E-state index in [4.69, 9.17) is 4.42 Å². The Morgan fingerprint density at radius 2 is 0.824 bits per heavy atom. The molecule has 0 atom stereocenters. The summed E-state index contributed by atoms with van der Waals surface area (Å²) in [5, 5.41) is 14.7. The molecule has 0 N–H and O–H groups in total. The monoisotopic (exact) mass is 646 g/mol. The van der Waals surface area contributed by atoms with Gasteiger partial charge in [0.1, 0.15) is 11.2 Å². The number of furan rings is 1. The van der Waals surface area contributed by atoms with Crippen LogP contribution < -0.4 is 0 Å². The minimum Gasteiger partial charge on any atom is -0.455 e. The number of hydrogen-bond donors (Lipinski definition) is 0. The third kappa shape index (κ3) is 4.22. The summed E-state index contributed by atoms with van der Waals surface area (Å²) >= 11 is 0. The van der Waals surface area contributed by atoms with Crippen LogP contribution in [0.5, 0.6) is 0 Å². The Morgan fingerprint density at radius 1 is 0.275 bits per heavy atom. The number of rotatable bonds is 3. The molecular weight excluding hydrogens is 617 g/mol. The van der Waals surface area contributed by atoms with Crippen molar-refractivity contribution < 1.29 is 4.42 Å². The van der Waals surface area contributed by atoms with Gasteiger partial charge in [0.2, 0.25) is 0 Å². The highest BCUT2D eigenvalue weighted by Crippen LogP contribution is 2.46. The maximum Gasteiger partial charge on any atom is 0.143 e. The molecule has 1 aromatic heterocycles. The molecular formula is C50H30O. The average Bonchev–Trinajstić information content (AvgIpc) is 3.58. The lowest BCUT2D eigenvalue weighted by Gasteiger charge is -2.18. The smallest absolute Gasteiger partial charge is 0.143 e. The summed E-state index contributed by atoms with van der Waals surface area (Å²) in [7, 11) is 0. The first-order valence-electron chi connectivity index (χ1n) is 17.6. The second kappa shape index (κ2) is 10.9. The van der Waals surface area contributed by atoms with Crippen LogP contribution in [0.1, 0.15) is 0 Å². The molecule has 0 amide bonds. The topological polar surface area (TPSA) is 13.1 Å². The van der Waals surface area contributed by atoms with Gasteiger partial charge in [-0.25, -0.2) is 0 Å². The maximum atomic E-state index is 6.51. The van der Waals surface area contributed by atoms with Crippen molar-refractivity contribution in [1.82, 2.24) is 0 Å². The first-order valence-corrected chi connectivity index (χ1v) is 17.6. The average molecular weight is 647 g/mol. The van der Waals surface area contributed by atoms with E-state index in [1.165, 1.54) is 81.9 Å². The van der Waals surface area contributed by atoms with Gasteiger partial charge in [-0.3, -0.25) is 0 Å². The Kier molecular flexibility index (Phi) is 6.02. The summed E-state index contributed by atoms with van der Waals surface area (Å²) in [6.07, 6.45) is 0. The van der Waals surface area contributed by atoms with Crippen LogP contribution >= 0.6 is 0 Å². The summed E-state index contributed by atoms with van der Waals surface area (Å²) in [4.78, 5) is 0. The maximum absolute atomic E-state index is 6.51. The van der Waals surface area contributed by atoms with Crippen molar-refractivity contribution in [3.05, 3.63) is 182 Å². The molecule has 0 spiro atoms. The van der Waals surface area contributed by atoms with Crippen LogP contribution in [0.2, 0.25) is 0 Å². The predicted octanol–water partition coefficient (Wildman–Crippen LogP) is 14.4. The zero-order valence-electron chi connectivity index (χ0n) is 27.7. The Bertz CT molecular complexity index is 3140. The minimum absolute atomic E-state index is 0.911. The molecule has 0 bridgehead atoms. The quantitative estimate of drug-likeness (QED) is 0.138. The van der Waals surface area contributed by atoms with Crippen molar-refractivity contribution in [3.63, 3.8) is 0 Å². The first kappa shape index (κ1) is 28.2. The van der Waals surface area contributed by atoms with E-state index in [9.17, 15) is 0 Å². The van der Waals surface area contributed by atoms with Crippen LogP contribution in [0.15, 0.2) is 186 Å². The van der Waals surface area contributed by atoms with Gasteiger partial charge in [-0.2, -0.15) is 0 Å². The molecule has 0 aliphatic heterocycles. The molecule has 11 rings (SSSR count). The fourth-order valence-corrected chi connectivity index (χ4v) is 8.55. The van der Waals surface area contributed by atoms with E-state index >= 15 is 0 Å². The number of fused-ring (bicyclic) bond motifs is 10. The number of benzene rings is 10. The summed E-state index contributed by atoms with van der Waals surface area (Å²) in [6, 6.07) is 66.4. The summed E-state index contributed by atoms with van der Waals surface area (Å²) < 4.78 is 6.51. The second-order valence-electron chi connectivity index (χ2n) is 13.6. The van der Waals surface area contributed by atoms with Crippen molar-refractivity contribution >= 4 is 75.8 Å². The molecule has 1 nitrogen and oxygen atoms in total. The van der Waals surface area contributed by atoms with E-state index in [2.05, 4.69) is 182 Å². The molecule has 10 aromatic carbocycles. The van der Waals surface area contributed by atoms with E-state index in [0.717, 1.165) is 27.3 Å². The molecule has 1 heteroatoms. The van der Waals surface area contributed by atoms with Gasteiger partial charge in [-0.05, 0) is 112 Å². The molecule has 0 aliphatic carbocycles. The van der Waals surface area contributed by atoms with E-state index < -0.39 is 0 Å². The fourth-order valence-electron chi connectivity index (χ4n) is 8.55. The van der Waals surface area contributed by atoms with Crippen LogP contribution in [-0.2, 0) is 0 Å². The first-order chi connectivity index (χ1) is 25.3. The fraction of sp³-hybridized carbons (Fsp3) is 0. The van der Waals surface area contributed by atoms with Gasteiger partial charge < -0.3 is 4.42 Å². The molecule has 51 heavy (non-hydrogen) atoms. The van der Waals surface area contributed by atoms with E-state index in [0.29, 0.717) is 0 Å². The zero-order valence-corrected chi connectivity index (χ0v) is 27.7. The van der Waals surface area contributed by atoms with Gasteiger partial charge in [0.15, 0.2) is 0 Å². The molecule has 0 saturated heterocycles. The second-order valence-corrected chi connectivity index (χ2v) is 13.6. The van der Waals surface area contributed by atoms with Gasteiger partial charge in [0.05, 0.1) is 0 Å². The van der Waals surface area contributed by atoms with Crippen LogP contribution in [0, 0.1) is 0 Å². The largest absolute Gasteiger partial charge is 0.455 e. The normalized spacial score (nSPS) is 11.9. The zero-order chi connectivity index (χ0) is 33.5. The van der Waals surface area contributed by atoms with Crippen LogP contribution in [0.25, 0.3) is 109 Å². The third-order valence-corrected chi connectivity index (χ3v) is 10.8. The Hall–Kier alpha value is -6.70. The SMILES string of the molecule is c1cc(-c2c3ccccc3c(-c3ccc4oc5c6ccccc6ccc5c4c3)c3ccccc23)cc(-c2cc3ccccc3c3ccccc23)c1.